The molecule has 0 saturated heterocycles. The Labute approximate surface area is 121 Å². The summed E-state index contributed by atoms with van der Waals surface area (Å²) in [6.45, 7) is 6.09. The van der Waals surface area contributed by atoms with Crippen LogP contribution in [0.15, 0.2) is 0 Å². The van der Waals surface area contributed by atoms with E-state index in [9.17, 15) is 9.59 Å². The Balaban J connectivity index is 2.54. The molecule has 1 rings (SSSR count). The van der Waals surface area contributed by atoms with E-state index in [1.54, 1.807) is 0 Å². The number of urea groups is 1. The molecular weight excluding hydrogens is 256 g/mol. The smallest absolute Gasteiger partial charge is 0.328 e. The van der Waals surface area contributed by atoms with E-state index in [4.69, 9.17) is 4.74 Å². The Morgan fingerprint density at radius 1 is 1.30 bits per heavy atom. The maximum absolute atomic E-state index is 12.1. The minimum absolute atomic E-state index is 0.0528. The highest BCUT2D eigenvalue weighted by molar-refractivity contribution is 5.83. The third kappa shape index (κ3) is 4.69. The molecule has 4 atom stereocenters. The molecule has 0 heterocycles. The lowest BCUT2D eigenvalue weighted by Crippen LogP contribution is -2.53. The van der Waals surface area contributed by atoms with Gasteiger partial charge in [-0.1, -0.05) is 40.0 Å². The summed E-state index contributed by atoms with van der Waals surface area (Å²) in [6, 6.07) is -0.637. The zero-order valence-electron chi connectivity index (χ0n) is 13.1. The standard InChI is InChI=1S/C15H28N2O3/c1-5-10(2)13(14(18)20-4)17-15(19)16-12-9-7-6-8-11(12)3/h10-13H,5-9H2,1-4H3,(H2,16,17,19)/t10?,11?,12?,13-/m0/s1. The summed E-state index contributed by atoms with van der Waals surface area (Å²) in [4.78, 5) is 23.8. The first-order chi connectivity index (χ1) is 9.49. The van der Waals surface area contributed by atoms with Gasteiger partial charge in [0.25, 0.3) is 0 Å². The molecule has 2 amide bonds. The zero-order chi connectivity index (χ0) is 15.1. The quantitative estimate of drug-likeness (QED) is 0.762. The highest BCUT2D eigenvalue weighted by Gasteiger charge is 2.28. The zero-order valence-corrected chi connectivity index (χ0v) is 13.1. The molecule has 1 saturated carbocycles. The van der Waals surface area contributed by atoms with Crippen LogP contribution in [0.25, 0.3) is 0 Å². The fraction of sp³-hybridized carbons (Fsp3) is 0.867. The SMILES string of the molecule is CCC(C)[C@H](NC(=O)NC1CCCCC1C)C(=O)OC. The van der Waals surface area contributed by atoms with E-state index in [0.717, 1.165) is 25.7 Å². The Hall–Kier alpha value is -1.26. The lowest BCUT2D eigenvalue weighted by Gasteiger charge is -2.30. The first-order valence-corrected chi connectivity index (χ1v) is 7.64. The van der Waals surface area contributed by atoms with Gasteiger partial charge in [0, 0.05) is 6.04 Å². The van der Waals surface area contributed by atoms with Gasteiger partial charge in [-0.25, -0.2) is 9.59 Å². The number of nitrogens with one attached hydrogen (secondary N) is 2. The minimum atomic E-state index is -0.580. The van der Waals surface area contributed by atoms with Crippen LogP contribution in [-0.4, -0.2) is 31.2 Å². The van der Waals surface area contributed by atoms with E-state index in [1.165, 1.54) is 13.5 Å². The molecule has 0 aliphatic heterocycles. The van der Waals surface area contributed by atoms with Gasteiger partial charge in [0.05, 0.1) is 7.11 Å². The molecule has 0 spiro atoms. The molecule has 0 bridgehead atoms. The van der Waals surface area contributed by atoms with Gasteiger partial charge in [0.15, 0.2) is 0 Å². The van der Waals surface area contributed by atoms with Crippen LogP contribution in [0.1, 0.15) is 52.9 Å². The van der Waals surface area contributed by atoms with Crippen molar-refractivity contribution in [1.82, 2.24) is 10.6 Å². The fourth-order valence-corrected chi connectivity index (χ4v) is 2.68. The van der Waals surface area contributed by atoms with Crippen molar-refractivity contribution in [2.45, 2.75) is 65.0 Å². The summed E-state index contributed by atoms with van der Waals surface area (Å²) in [5.74, 6) is 0.165. The molecule has 20 heavy (non-hydrogen) atoms. The van der Waals surface area contributed by atoms with E-state index in [2.05, 4.69) is 17.6 Å². The van der Waals surface area contributed by atoms with E-state index >= 15 is 0 Å². The van der Waals surface area contributed by atoms with Gasteiger partial charge in [-0.15, -0.1) is 0 Å². The number of rotatable bonds is 5. The number of amides is 2. The van der Waals surface area contributed by atoms with Crippen LogP contribution in [0.4, 0.5) is 4.79 Å². The Morgan fingerprint density at radius 3 is 2.50 bits per heavy atom. The topological polar surface area (TPSA) is 67.4 Å². The second-order valence-corrected chi connectivity index (χ2v) is 5.87. The van der Waals surface area contributed by atoms with Crippen LogP contribution in [0.5, 0.6) is 0 Å². The molecule has 1 aliphatic carbocycles. The van der Waals surface area contributed by atoms with Gasteiger partial charge in [-0.3, -0.25) is 0 Å². The van der Waals surface area contributed by atoms with Gasteiger partial charge in [-0.2, -0.15) is 0 Å². The fourth-order valence-electron chi connectivity index (χ4n) is 2.68. The van der Waals surface area contributed by atoms with Crippen molar-refractivity contribution in [2.24, 2.45) is 11.8 Å². The van der Waals surface area contributed by atoms with Gasteiger partial charge >= 0.3 is 12.0 Å². The van der Waals surface area contributed by atoms with Crippen LogP contribution in [0.2, 0.25) is 0 Å². The Bertz CT molecular complexity index is 333. The van der Waals surface area contributed by atoms with Crippen LogP contribution < -0.4 is 10.6 Å². The van der Waals surface area contributed by atoms with Crippen molar-refractivity contribution >= 4 is 12.0 Å². The highest BCUT2D eigenvalue weighted by Crippen LogP contribution is 2.23. The largest absolute Gasteiger partial charge is 0.467 e. The van der Waals surface area contributed by atoms with Gasteiger partial charge < -0.3 is 15.4 Å². The number of hydrogen-bond acceptors (Lipinski definition) is 3. The average Bonchev–Trinajstić information content (AvgIpc) is 2.45. The molecule has 3 unspecified atom stereocenters. The maximum atomic E-state index is 12.1. The predicted octanol–water partition coefficient (Wildman–Crippen LogP) is 2.45. The van der Waals surface area contributed by atoms with Crippen LogP contribution in [-0.2, 0) is 9.53 Å². The third-order valence-corrected chi connectivity index (χ3v) is 4.38. The molecule has 0 aromatic rings. The van der Waals surface area contributed by atoms with Crippen molar-refractivity contribution < 1.29 is 14.3 Å². The molecule has 1 fully saturated rings. The molecular formula is C15H28N2O3. The number of methoxy groups -OCH3 is 1. The number of esters is 1. The number of carbonyl (C=O) groups excluding carboxylic acids is 2. The molecule has 5 nitrogen and oxygen atoms in total. The molecule has 0 aromatic carbocycles. The van der Waals surface area contributed by atoms with Crippen molar-refractivity contribution in [3.05, 3.63) is 0 Å². The lowest BCUT2D eigenvalue weighted by molar-refractivity contribution is -0.144. The van der Waals surface area contributed by atoms with E-state index in [1.807, 2.05) is 13.8 Å². The van der Waals surface area contributed by atoms with Gasteiger partial charge in [-0.05, 0) is 24.7 Å². The van der Waals surface area contributed by atoms with Crippen molar-refractivity contribution in [3.63, 3.8) is 0 Å². The van der Waals surface area contributed by atoms with Crippen molar-refractivity contribution in [1.29, 1.82) is 0 Å². The first-order valence-electron chi connectivity index (χ1n) is 7.64. The number of ether oxygens (including phenoxy) is 1. The predicted molar refractivity (Wildman–Crippen MR) is 78.3 cm³/mol. The third-order valence-electron chi connectivity index (χ3n) is 4.38. The summed E-state index contributed by atoms with van der Waals surface area (Å²) >= 11 is 0. The molecule has 1 aliphatic rings. The molecule has 116 valence electrons. The first kappa shape index (κ1) is 16.8. The summed E-state index contributed by atoms with van der Waals surface area (Å²) < 4.78 is 4.77. The van der Waals surface area contributed by atoms with Crippen LogP contribution >= 0.6 is 0 Å². The van der Waals surface area contributed by atoms with E-state index in [0.29, 0.717) is 5.92 Å². The normalized spacial score (nSPS) is 25.4. The molecule has 2 N–H and O–H groups in total. The van der Waals surface area contributed by atoms with Crippen LogP contribution in [0.3, 0.4) is 0 Å². The number of hydrogen-bond donors (Lipinski definition) is 2. The maximum Gasteiger partial charge on any atom is 0.328 e. The highest BCUT2D eigenvalue weighted by atomic mass is 16.5. The van der Waals surface area contributed by atoms with Crippen molar-refractivity contribution in [2.75, 3.05) is 7.11 Å². The molecule has 0 aromatic heterocycles. The van der Waals surface area contributed by atoms with Crippen molar-refractivity contribution in [3.8, 4) is 0 Å². The summed E-state index contributed by atoms with van der Waals surface area (Å²) in [7, 11) is 1.35. The van der Waals surface area contributed by atoms with Gasteiger partial charge in [0.1, 0.15) is 6.04 Å². The lowest BCUT2D eigenvalue weighted by atomic mass is 9.86. The monoisotopic (exact) mass is 284 g/mol. The van der Waals surface area contributed by atoms with Crippen LogP contribution in [0, 0.1) is 11.8 Å². The average molecular weight is 284 g/mol. The van der Waals surface area contributed by atoms with Gasteiger partial charge in [0.2, 0.25) is 0 Å². The van der Waals surface area contributed by atoms with E-state index in [-0.39, 0.29) is 24.0 Å². The second kappa shape index (κ2) is 8.12. The minimum Gasteiger partial charge on any atom is -0.467 e. The summed E-state index contributed by atoms with van der Waals surface area (Å²) in [5, 5.41) is 5.76. The Kier molecular flexibility index (Phi) is 6.82. The second-order valence-electron chi connectivity index (χ2n) is 5.87. The summed E-state index contributed by atoms with van der Waals surface area (Å²) in [6.07, 6.45) is 5.36. The number of carbonyl (C=O) groups is 2. The molecule has 5 heteroatoms. The Morgan fingerprint density at radius 2 is 1.95 bits per heavy atom. The van der Waals surface area contributed by atoms with E-state index < -0.39 is 6.04 Å². The summed E-state index contributed by atoms with van der Waals surface area (Å²) in [5.41, 5.74) is 0. The molecule has 0 radical (unpaired) electrons.